The minimum Gasteiger partial charge on any atom is -0.469 e. The van der Waals surface area contributed by atoms with Gasteiger partial charge in [-0.25, -0.2) is 8.78 Å². The number of ether oxygens (including phenoxy) is 2. The predicted octanol–water partition coefficient (Wildman–Crippen LogP) is 4.62. The van der Waals surface area contributed by atoms with Crippen LogP contribution in [0.5, 0.6) is 5.88 Å². The summed E-state index contributed by atoms with van der Waals surface area (Å²) in [7, 11) is 0. The number of halogens is 4. The van der Waals surface area contributed by atoms with Crippen molar-refractivity contribution in [2.75, 3.05) is 37.8 Å². The van der Waals surface area contributed by atoms with Gasteiger partial charge in [-0.1, -0.05) is 13.5 Å². The van der Waals surface area contributed by atoms with Crippen molar-refractivity contribution < 1.29 is 31.8 Å². The molecule has 39 heavy (non-hydrogen) atoms. The first-order valence-electron chi connectivity index (χ1n) is 12.2. The van der Waals surface area contributed by atoms with Crippen molar-refractivity contribution >= 4 is 22.9 Å². The molecule has 1 aliphatic heterocycles. The highest BCUT2D eigenvalue weighted by molar-refractivity contribution is 6.21. The average molecular weight is 551 g/mol. The van der Waals surface area contributed by atoms with E-state index in [9.17, 15) is 22.4 Å². The molecule has 0 bridgehead atoms. The van der Waals surface area contributed by atoms with Crippen LogP contribution in [0, 0.1) is 0 Å². The number of carbonyl (C=O) groups is 1. The van der Waals surface area contributed by atoms with Crippen molar-refractivity contribution in [1.29, 1.82) is 0 Å². The minimum atomic E-state index is -3.14. The lowest BCUT2D eigenvalue weighted by Crippen LogP contribution is -2.36. The fourth-order valence-electron chi connectivity index (χ4n) is 3.49. The van der Waals surface area contributed by atoms with E-state index in [0.29, 0.717) is 54.7 Å². The summed E-state index contributed by atoms with van der Waals surface area (Å²) in [5.74, 6) is -3.75. The van der Waals surface area contributed by atoms with E-state index in [1.807, 2.05) is 4.90 Å². The minimum absolute atomic E-state index is 0.0160. The van der Waals surface area contributed by atoms with Crippen LogP contribution in [0.15, 0.2) is 47.9 Å². The molecule has 1 saturated heterocycles. The maximum absolute atomic E-state index is 14.0. The topological polar surface area (TPSA) is 102 Å². The maximum Gasteiger partial charge on any atom is 0.289 e. The quantitative estimate of drug-likeness (QED) is 0.322. The number of amides is 1. The molecule has 3 heterocycles. The van der Waals surface area contributed by atoms with Crippen LogP contribution >= 0.6 is 0 Å². The molecule has 210 valence electrons. The number of aliphatic imine (C=N–C) groups is 1. The lowest BCUT2D eigenvalue weighted by Gasteiger charge is -2.29. The number of alkyl halides is 4. The molecule has 1 aliphatic rings. The third kappa shape index (κ3) is 8.06. The summed E-state index contributed by atoms with van der Waals surface area (Å²) in [6, 6.07) is 4.04. The van der Waals surface area contributed by atoms with E-state index in [4.69, 9.17) is 9.47 Å². The molecule has 0 spiro atoms. The van der Waals surface area contributed by atoms with E-state index in [0.717, 1.165) is 12.3 Å². The fraction of sp³-hybridized carbons (Fsp3) is 0.423. The number of pyridine rings is 1. The normalized spacial score (nSPS) is 14.9. The van der Waals surface area contributed by atoms with Gasteiger partial charge in [0, 0.05) is 54.5 Å². The van der Waals surface area contributed by atoms with Gasteiger partial charge in [-0.3, -0.25) is 14.8 Å². The number of aromatic nitrogens is 3. The maximum atomic E-state index is 14.0. The highest BCUT2D eigenvalue weighted by atomic mass is 19.3. The van der Waals surface area contributed by atoms with E-state index in [-0.39, 0.29) is 11.4 Å². The Bertz CT molecular complexity index is 1250. The number of rotatable bonds is 11. The number of morpholine rings is 1. The Morgan fingerprint density at radius 1 is 1.28 bits per heavy atom. The second-order valence-corrected chi connectivity index (χ2v) is 8.67. The number of nitrogens with zero attached hydrogens (tertiary/aromatic N) is 5. The van der Waals surface area contributed by atoms with Crippen molar-refractivity contribution in [3.63, 3.8) is 0 Å². The van der Waals surface area contributed by atoms with Crippen molar-refractivity contribution in [2.45, 2.75) is 39.5 Å². The van der Waals surface area contributed by atoms with E-state index in [1.54, 1.807) is 19.9 Å². The second-order valence-electron chi connectivity index (χ2n) is 8.67. The van der Waals surface area contributed by atoms with Crippen molar-refractivity contribution in [2.24, 2.45) is 4.99 Å². The van der Waals surface area contributed by atoms with Gasteiger partial charge in [0.15, 0.2) is 6.61 Å². The molecule has 0 unspecified atom stereocenters. The summed E-state index contributed by atoms with van der Waals surface area (Å²) in [5, 5.41) is 10.7. The molecule has 2 aromatic rings. The Balaban J connectivity index is 1.74. The number of anilines is 1. The van der Waals surface area contributed by atoms with Crippen molar-refractivity contribution in [3.8, 4) is 5.88 Å². The van der Waals surface area contributed by atoms with Gasteiger partial charge in [0.1, 0.15) is 11.4 Å². The van der Waals surface area contributed by atoms with Crippen LogP contribution in [0.4, 0.5) is 23.2 Å². The Hall–Kier alpha value is -3.87. The lowest BCUT2D eigenvalue weighted by atomic mass is 10.1. The van der Waals surface area contributed by atoms with Crippen molar-refractivity contribution in [3.05, 3.63) is 59.8 Å². The van der Waals surface area contributed by atoms with Crippen LogP contribution in [-0.2, 0) is 10.7 Å². The third-order valence-electron chi connectivity index (χ3n) is 5.79. The van der Waals surface area contributed by atoms with E-state index < -0.39 is 37.0 Å². The smallest absolute Gasteiger partial charge is 0.289 e. The molecule has 1 amide bonds. The SMILES string of the molecule is C=C(C(C)=N/C=C(\C)NC(=O)c1ccnc(C(F)(F)CC)c1)c1cc(N2CCOCC2)c(OCC(F)F)nn1. The number of nitrogens with one attached hydrogen (secondary N) is 1. The average Bonchev–Trinajstić information content (AvgIpc) is 2.94. The molecular weight excluding hydrogens is 520 g/mol. The largest absolute Gasteiger partial charge is 0.469 e. The van der Waals surface area contributed by atoms with Gasteiger partial charge in [-0.15, -0.1) is 10.2 Å². The second kappa shape index (κ2) is 13.3. The number of hydrogen-bond donors (Lipinski definition) is 1. The summed E-state index contributed by atoms with van der Waals surface area (Å²) in [6.45, 7) is 9.76. The summed E-state index contributed by atoms with van der Waals surface area (Å²) in [5.41, 5.74) is 1.61. The summed E-state index contributed by atoms with van der Waals surface area (Å²) >= 11 is 0. The van der Waals surface area contributed by atoms with Gasteiger partial charge in [0.25, 0.3) is 24.1 Å². The molecule has 0 aromatic carbocycles. The molecule has 0 atom stereocenters. The zero-order valence-electron chi connectivity index (χ0n) is 21.9. The van der Waals surface area contributed by atoms with Gasteiger partial charge in [-0.05, 0) is 32.0 Å². The molecule has 13 heteroatoms. The first kappa shape index (κ1) is 29.7. The Kier molecular flexibility index (Phi) is 10.1. The Labute approximate surface area is 223 Å². The van der Waals surface area contributed by atoms with Crippen LogP contribution in [0.2, 0.25) is 0 Å². The van der Waals surface area contributed by atoms with Crippen LogP contribution < -0.4 is 15.0 Å². The standard InChI is InChI=1S/C26H30F4N6O3/c1-5-26(29,30)22-12-19(6-7-31-22)24(37)33-16(2)14-32-18(4)17(3)20-13-21(36-8-10-38-11-9-36)25(35-34-20)39-15-23(27)28/h6-7,12-14,23H,3,5,8-11,15H2,1-2,4H3,(H,33,37)/b16-14+,32-18?. The molecular formula is C26H30F4N6O3. The summed E-state index contributed by atoms with van der Waals surface area (Å²) in [4.78, 5) is 22.5. The first-order chi connectivity index (χ1) is 18.5. The van der Waals surface area contributed by atoms with Crippen LogP contribution in [0.1, 0.15) is 48.9 Å². The van der Waals surface area contributed by atoms with Gasteiger partial charge in [-0.2, -0.15) is 8.78 Å². The zero-order valence-corrected chi connectivity index (χ0v) is 21.9. The molecule has 1 N–H and O–H groups in total. The zero-order chi connectivity index (χ0) is 28.6. The number of carbonyl (C=O) groups excluding carboxylic acids is 1. The van der Waals surface area contributed by atoms with Gasteiger partial charge in [0.05, 0.1) is 18.9 Å². The number of hydrogen-bond acceptors (Lipinski definition) is 8. The highest BCUT2D eigenvalue weighted by Gasteiger charge is 2.31. The van der Waals surface area contributed by atoms with Gasteiger partial charge >= 0.3 is 0 Å². The summed E-state index contributed by atoms with van der Waals surface area (Å²) < 4.78 is 63.9. The fourth-order valence-corrected chi connectivity index (χ4v) is 3.49. The van der Waals surface area contributed by atoms with Gasteiger partial charge < -0.3 is 19.7 Å². The van der Waals surface area contributed by atoms with Crippen LogP contribution in [0.3, 0.4) is 0 Å². The Morgan fingerprint density at radius 2 is 2.00 bits per heavy atom. The molecule has 1 fully saturated rings. The molecule has 3 rings (SSSR count). The molecule has 2 aromatic heterocycles. The summed E-state index contributed by atoms with van der Waals surface area (Å²) in [6.07, 6.45) is -0.555. The van der Waals surface area contributed by atoms with Gasteiger partial charge in [0.2, 0.25) is 0 Å². The molecule has 0 radical (unpaired) electrons. The predicted molar refractivity (Wildman–Crippen MR) is 138 cm³/mol. The lowest BCUT2D eigenvalue weighted by molar-refractivity contribution is -0.0128. The monoisotopic (exact) mass is 550 g/mol. The van der Waals surface area contributed by atoms with Crippen LogP contribution in [0.25, 0.3) is 5.57 Å². The Morgan fingerprint density at radius 3 is 2.67 bits per heavy atom. The van der Waals surface area contributed by atoms with E-state index in [1.165, 1.54) is 19.2 Å². The highest BCUT2D eigenvalue weighted by Crippen LogP contribution is 2.30. The number of allylic oxidation sites excluding steroid dienone is 2. The van der Waals surface area contributed by atoms with E-state index in [2.05, 4.69) is 32.1 Å². The van der Waals surface area contributed by atoms with E-state index >= 15 is 0 Å². The first-order valence-corrected chi connectivity index (χ1v) is 12.2. The molecule has 9 nitrogen and oxygen atoms in total. The molecule has 0 aliphatic carbocycles. The molecule has 0 saturated carbocycles. The van der Waals surface area contributed by atoms with Crippen LogP contribution in [-0.4, -0.2) is 66.1 Å². The van der Waals surface area contributed by atoms with Crippen molar-refractivity contribution in [1.82, 2.24) is 20.5 Å². The third-order valence-corrected chi connectivity index (χ3v) is 5.79.